The lowest BCUT2D eigenvalue weighted by molar-refractivity contribution is -0.117. The van der Waals surface area contributed by atoms with Gasteiger partial charge in [-0.15, -0.1) is 0 Å². The van der Waals surface area contributed by atoms with Crippen molar-refractivity contribution in [3.8, 4) is 0 Å². The van der Waals surface area contributed by atoms with Crippen molar-refractivity contribution in [2.75, 3.05) is 29.9 Å². The van der Waals surface area contributed by atoms with Crippen molar-refractivity contribution in [3.05, 3.63) is 24.3 Å². The molecule has 2 fully saturated rings. The SMILES string of the molecule is CC(C)(C)OC(=O)N1CCC(Nc2cccc(N3CCCC3=O)c2)C1. The molecule has 3 rings (SSSR count). The summed E-state index contributed by atoms with van der Waals surface area (Å²) in [5.74, 6) is 0.189. The summed E-state index contributed by atoms with van der Waals surface area (Å²) in [7, 11) is 0. The van der Waals surface area contributed by atoms with Crippen molar-refractivity contribution in [3.63, 3.8) is 0 Å². The maximum Gasteiger partial charge on any atom is 0.410 e. The maximum absolute atomic E-state index is 12.2. The predicted molar refractivity (Wildman–Crippen MR) is 97.9 cm³/mol. The minimum Gasteiger partial charge on any atom is -0.444 e. The van der Waals surface area contributed by atoms with E-state index >= 15 is 0 Å². The molecular formula is C19H27N3O3. The van der Waals surface area contributed by atoms with Gasteiger partial charge in [-0.3, -0.25) is 4.79 Å². The lowest BCUT2D eigenvalue weighted by Crippen LogP contribution is -2.36. The van der Waals surface area contributed by atoms with Crippen molar-refractivity contribution in [2.45, 2.75) is 51.7 Å². The molecule has 25 heavy (non-hydrogen) atoms. The van der Waals surface area contributed by atoms with Gasteiger partial charge in [0.25, 0.3) is 0 Å². The van der Waals surface area contributed by atoms with Crippen LogP contribution in [-0.2, 0) is 9.53 Å². The molecule has 2 aliphatic heterocycles. The molecule has 2 heterocycles. The highest BCUT2D eigenvalue weighted by Gasteiger charge is 2.30. The smallest absolute Gasteiger partial charge is 0.410 e. The predicted octanol–water partition coefficient (Wildman–Crippen LogP) is 3.23. The van der Waals surface area contributed by atoms with Crippen LogP contribution >= 0.6 is 0 Å². The van der Waals surface area contributed by atoms with Crippen LogP contribution in [0.1, 0.15) is 40.0 Å². The van der Waals surface area contributed by atoms with Crippen LogP contribution in [0.25, 0.3) is 0 Å². The Morgan fingerprint density at radius 3 is 2.76 bits per heavy atom. The monoisotopic (exact) mass is 345 g/mol. The third-order valence-corrected chi connectivity index (χ3v) is 4.44. The molecule has 1 atom stereocenters. The normalized spacial score (nSPS) is 20.9. The van der Waals surface area contributed by atoms with Crippen LogP contribution in [0.5, 0.6) is 0 Å². The number of hydrogen-bond acceptors (Lipinski definition) is 4. The van der Waals surface area contributed by atoms with Gasteiger partial charge in [-0.1, -0.05) is 6.07 Å². The minimum atomic E-state index is -0.473. The van der Waals surface area contributed by atoms with Crippen LogP contribution in [0.3, 0.4) is 0 Å². The summed E-state index contributed by atoms with van der Waals surface area (Å²) in [4.78, 5) is 27.7. The Morgan fingerprint density at radius 2 is 2.08 bits per heavy atom. The number of carbonyl (C=O) groups excluding carboxylic acids is 2. The summed E-state index contributed by atoms with van der Waals surface area (Å²) in [6.07, 6.45) is 2.18. The van der Waals surface area contributed by atoms with E-state index in [1.807, 2.05) is 49.9 Å². The van der Waals surface area contributed by atoms with Crippen LogP contribution in [0.2, 0.25) is 0 Å². The lowest BCUT2D eigenvalue weighted by Gasteiger charge is -2.24. The Hall–Kier alpha value is -2.24. The van der Waals surface area contributed by atoms with Crippen molar-refractivity contribution in [1.82, 2.24) is 4.90 Å². The second-order valence-electron chi connectivity index (χ2n) is 7.76. The molecule has 2 aliphatic rings. The number of rotatable bonds is 3. The zero-order valence-electron chi connectivity index (χ0n) is 15.2. The van der Waals surface area contributed by atoms with Gasteiger partial charge >= 0.3 is 6.09 Å². The Balaban J connectivity index is 1.58. The molecule has 0 aliphatic carbocycles. The van der Waals surface area contributed by atoms with E-state index in [0.29, 0.717) is 19.5 Å². The van der Waals surface area contributed by atoms with Crippen molar-refractivity contribution in [2.24, 2.45) is 0 Å². The van der Waals surface area contributed by atoms with Crippen LogP contribution in [-0.4, -0.2) is 48.2 Å². The van der Waals surface area contributed by atoms with Gasteiger partial charge in [-0.2, -0.15) is 0 Å². The number of nitrogens with one attached hydrogen (secondary N) is 1. The quantitative estimate of drug-likeness (QED) is 0.913. The average molecular weight is 345 g/mol. The first-order valence-corrected chi connectivity index (χ1v) is 8.97. The molecule has 1 aromatic carbocycles. The highest BCUT2D eigenvalue weighted by Crippen LogP contribution is 2.26. The standard InChI is InChI=1S/C19H27N3O3/c1-19(2,3)25-18(24)21-11-9-15(13-21)20-14-6-4-7-16(12-14)22-10-5-8-17(22)23/h4,6-7,12,15,20H,5,8-11,13H2,1-3H3. The van der Waals surface area contributed by atoms with Gasteiger partial charge in [0, 0.05) is 43.5 Å². The topological polar surface area (TPSA) is 61.9 Å². The first-order valence-electron chi connectivity index (χ1n) is 8.97. The van der Waals surface area contributed by atoms with E-state index in [2.05, 4.69) is 5.32 Å². The molecule has 6 heteroatoms. The number of hydrogen-bond donors (Lipinski definition) is 1. The van der Waals surface area contributed by atoms with Crippen LogP contribution in [0.15, 0.2) is 24.3 Å². The summed E-state index contributed by atoms with van der Waals surface area (Å²) in [6, 6.07) is 8.14. The number of benzene rings is 1. The van der Waals surface area contributed by atoms with E-state index in [4.69, 9.17) is 4.74 Å². The van der Waals surface area contributed by atoms with Gasteiger partial charge in [-0.05, 0) is 51.8 Å². The fraction of sp³-hybridized carbons (Fsp3) is 0.579. The van der Waals surface area contributed by atoms with Gasteiger partial charge in [0.15, 0.2) is 0 Å². The van der Waals surface area contributed by atoms with E-state index in [1.165, 1.54) is 0 Å². The largest absolute Gasteiger partial charge is 0.444 e. The molecule has 0 saturated carbocycles. The molecule has 1 unspecified atom stereocenters. The summed E-state index contributed by atoms with van der Waals surface area (Å²) in [5.41, 5.74) is 1.45. The van der Waals surface area contributed by atoms with Gasteiger partial charge in [0.05, 0.1) is 0 Å². The molecule has 136 valence electrons. The Kier molecular flexibility index (Phi) is 4.88. The van der Waals surface area contributed by atoms with Gasteiger partial charge in [0.1, 0.15) is 5.60 Å². The fourth-order valence-electron chi connectivity index (χ4n) is 3.29. The Labute approximate surface area is 149 Å². The number of amides is 2. The van der Waals surface area contributed by atoms with E-state index < -0.39 is 5.60 Å². The van der Waals surface area contributed by atoms with Crippen LogP contribution in [0.4, 0.5) is 16.2 Å². The molecule has 6 nitrogen and oxygen atoms in total. The summed E-state index contributed by atoms with van der Waals surface area (Å²) in [5, 5.41) is 3.48. The minimum absolute atomic E-state index is 0.189. The number of carbonyl (C=O) groups is 2. The van der Waals surface area contributed by atoms with Crippen molar-refractivity contribution < 1.29 is 14.3 Å². The Bertz CT molecular complexity index is 654. The molecule has 0 spiro atoms. The van der Waals surface area contributed by atoms with Crippen molar-refractivity contribution in [1.29, 1.82) is 0 Å². The van der Waals surface area contributed by atoms with E-state index in [9.17, 15) is 9.59 Å². The van der Waals surface area contributed by atoms with E-state index in [0.717, 1.165) is 30.8 Å². The second-order valence-corrected chi connectivity index (χ2v) is 7.76. The zero-order valence-corrected chi connectivity index (χ0v) is 15.2. The number of anilines is 2. The Morgan fingerprint density at radius 1 is 1.28 bits per heavy atom. The fourth-order valence-corrected chi connectivity index (χ4v) is 3.29. The first kappa shape index (κ1) is 17.6. The molecule has 0 aromatic heterocycles. The van der Waals surface area contributed by atoms with Gasteiger partial charge in [0.2, 0.25) is 5.91 Å². The third kappa shape index (κ3) is 4.44. The highest BCUT2D eigenvalue weighted by atomic mass is 16.6. The molecule has 2 amide bonds. The summed E-state index contributed by atoms with van der Waals surface area (Å²) < 4.78 is 5.43. The maximum atomic E-state index is 12.2. The van der Waals surface area contributed by atoms with E-state index in [1.54, 1.807) is 4.90 Å². The summed E-state index contributed by atoms with van der Waals surface area (Å²) >= 11 is 0. The molecular weight excluding hydrogens is 318 g/mol. The number of ether oxygens (including phenoxy) is 1. The van der Waals surface area contributed by atoms with Crippen LogP contribution in [0, 0.1) is 0 Å². The van der Waals surface area contributed by atoms with Gasteiger partial charge in [-0.25, -0.2) is 4.79 Å². The summed E-state index contributed by atoms with van der Waals surface area (Å²) in [6.45, 7) is 7.74. The first-order chi connectivity index (χ1) is 11.8. The zero-order chi connectivity index (χ0) is 18.0. The molecule has 0 bridgehead atoms. The van der Waals surface area contributed by atoms with Crippen molar-refractivity contribution >= 4 is 23.4 Å². The second kappa shape index (κ2) is 6.94. The third-order valence-electron chi connectivity index (χ3n) is 4.44. The average Bonchev–Trinajstić information content (AvgIpc) is 3.15. The molecule has 2 saturated heterocycles. The highest BCUT2D eigenvalue weighted by molar-refractivity contribution is 5.95. The molecule has 1 aromatic rings. The van der Waals surface area contributed by atoms with E-state index in [-0.39, 0.29) is 18.0 Å². The lowest BCUT2D eigenvalue weighted by atomic mass is 10.2. The van der Waals surface area contributed by atoms with Gasteiger partial charge < -0.3 is 19.9 Å². The molecule has 1 N–H and O–H groups in total. The molecule has 0 radical (unpaired) electrons. The number of nitrogens with zero attached hydrogens (tertiary/aromatic N) is 2. The number of likely N-dealkylation sites (tertiary alicyclic amines) is 1. The van der Waals surface area contributed by atoms with Crippen LogP contribution < -0.4 is 10.2 Å².